The Hall–Kier alpha value is -2.56. The van der Waals surface area contributed by atoms with E-state index in [4.69, 9.17) is 4.74 Å². The third kappa shape index (κ3) is 4.10. The van der Waals surface area contributed by atoms with Crippen molar-refractivity contribution in [1.29, 1.82) is 0 Å². The van der Waals surface area contributed by atoms with Crippen molar-refractivity contribution in [2.45, 2.75) is 38.1 Å². The summed E-state index contributed by atoms with van der Waals surface area (Å²) in [4.78, 5) is 29.5. The van der Waals surface area contributed by atoms with E-state index in [1.165, 1.54) is 7.11 Å². The average Bonchev–Trinajstić information content (AvgIpc) is 3.15. The lowest BCUT2D eigenvalue weighted by Crippen LogP contribution is -2.48. The molecule has 5 nitrogen and oxygen atoms in total. The summed E-state index contributed by atoms with van der Waals surface area (Å²) in [6, 6.07) is 13.7. The van der Waals surface area contributed by atoms with Gasteiger partial charge in [0, 0.05) is 24.4 Å². The summed E-state index contributed by atoms with van der Waals surface area (Å²) in [5.74, 6) is -0.287. The van der Waals surface area contributed by atoms with Crippen molar-refractivity contribution < 1.29 is 14.3 Å². The molecule has 25 heavy (non-hydrogen) atoms. The smallest absolute Gasteiger partial charge is 0.328 e. The van der Waals surface area contributed by atoms with Gasteiger partial charge in [0.05, 0.1) is 7.11 Å². The van der Waals surface area contributed by atoms with Gasteiger partial charge in [0.15, 0.2) is 0 Å². The second-order valence-corrected chi connectivity index (χ2v) is 6.39. The fourth-order valence-corrected chi connectivity index (χ4v) is 3.37. The van der Waals surface area contributed by atoms with E-state index in [2.05, 4.69) is 17.1 Å². The minimum absolute atomic E-state index is 0.0194. The Kier molecular flexibility index (Phi) is 5.53. The van der Waals surface area contributed by atoms with Crippen LogP contribution in [0.4, 0.5) is 0 Å². The van der Waals surface area contributed by atoms with E-state index >= 15 is 0 Å². The van der Waals surface area contributed by atoms with E-state index in [0.717, 1.165) is 29.8 Å². The first kappa shape index (κ1) is 17.3. The second-order valence-electron chi connectivity index (χ2n) is 6.39. The molecule has 1 aliphatic rings. The molecule has 1 unspecified atom stereocenters. The Bertz CT molecular complexity index is 724. The van der Waals surface area contributed by atoms with Crippen LogP contribution in [0.25, 0.3) is 11.3 Å². The van der Waals surface area contributed by atoms with E-state index in [9.17, 15) is 9.59 Å². The number of hydrogen-bond acceptors (Lipinski definition) is 3. The number of benzene rings is 1. The lowest BCUT2D eigenvalue weighted by Gasteiger charge is -2.33. The Labute approximate surface area is 148 Å². The minimum atomic E-state index is -0.422. The predicted octanol–water partition coefficient (Wildman–Crippen LogP) is 3.17. The number of nitrogens with zero attached hydrogens (tertiary/aromatic N) is 1. The number of rotatable bonds is 5. The van der Waals surface area contributed by atoms with E-state index in [1.54, 1.807) is 4.90 Å². The third-order valence-electron chi connectivity index (χ3n) is 4.74. The monoisotopic (exact) mass is 340 g/mol. The van der Waals surface area contributed by atoms with Gasteiger partial charge < -0.3 is 14.6 Å². The normalized spacial score (nSPS) is 17.3. The van der Waals surface area contributed by atoms with Gasteiger partial charge in [-0.15, -0.1) is 0 Å². The van der Waals surface area contributed by atoms with Crippen LogP contribution in [0.1, 0.15) is 31.4 Å². The van der Waals surface area contributed by atoms with Gasteiger partial charge in [-0.05, 0) is 43.4 Å². The van der Waals surface area contributed by atoms with Crippen LogP contribution in [-0.4, -0.2) is 41.5 Å². The minimum Gasteiger partial charge on any atom is -0.467 e. The lowest BCUT2D eigenvalue weighted by atomic mass is 10.0. The molecule has 0 aliphatic carbocycles. The topological polar surface area (TPSA) is 62.4 Å². The maximum Gasteiger partial charge on any atom is 0.328 e. The standard InChI is InChI=1S/C20H24N2O3/c1-25-20(24)18-9-5-6-14-22(18)19(23)13-11-16-10-12-17(21-16)15-7-3-2-4-8-15/h2-4,7-8,10,12,18,21H,5-6,9,11,13-14H2,1H3. The van der Waals surface area contributed by atoms with Crippen molar-refractivity contribution in [2.75, 3.05) is 13.7 Å². The first-order valence-electron chi connectivity index (χ1n) is 8.79. The van der Waals surface area contributed by atoms with Crippen molar-refractivity contribution in [3.8, 4) is 11.3 Å². The molecule has 3 rings (SSSR count). The van der Waals surface area contributed by atoms with Gasteiger partial charge in [-0.3, -0.25) is 4.79 Å². The highest BCUT2D eigenvalue weighted by molar-refractivity contribution is 5.84. The summed E-state index contributed by atoms with van der Waals surface area (Å²) in [5.41, 5.74) is 3.20. The van der Waals surface area contributed by atoms with E-state index < -0.39 is 6.04 Å². The zero-order valence-corrected chi connectivity index (χ0v) is 14.5. The number of ether oxygens (including phenoxy) is 1. The number of amides is 1. The molecule has 1 amide bonds. The molecule has 132 valence electrons. The highest BCUT2D eigenvalue weighted by Crippen LogP contribution is 2.21. The SMILES string of the molecule is COC(=O)C1CCCCN1C(=O)CCc1ccc(-c2ccccc2)[nH]1. The zero-order valence-electron chi connectivity index (χ0n) is 14.5. The Balaban J connectivity index is 1.60. The summed E-state index contributed by atoms with van der Waals surface area (Å²) < 4.78 is 4.85. The molecule has 1 aromatic heterocycles. The molecule has 0 spiro atoms. The number of H-pyrrole nitrogens is 1. The summed E-state index contributed by atoms with van der Waals surface area (Å²) in [6.07, 6.45) is 3.62. The molecule has 1 N–H and O–H groups in total. The number of likely N-dealkylation sites (tertiary alicyclic amines) is 1. The van der Waals surface area contributed by atoms with Gasteiger partial charge in [0.25, 0.3) is 0 Å². The van der Waals surface area contributed by atoms with Crippen molar-refractivity contribution in [2.24, 2.45) is 0 Å². The third-order valence-corrected chi connectivity index (χ3v) is 4.74. The molecule has 0 saturated carbocycles. The molecule has 1 aromatic carbocycles. The van der Waals surface area contributed by atoms with Gasteiger partial charge in [-0.1, -0.05) is 30.3 Å². The van der Waals surface area contributed by atoms with Gasteiger partial charge in [0.1, 0.15) is 6.04 Å². The first-order chi connectivity index (χ1) is 12.2. The number of hydrogen-bond donors (Lipinski definition) is 1. The largest absolute Gasteiger partial charge is 0.467 e. The molecular weight excluding hydrogens is 316 g/mol. The molecule has 1 aliphatic heterocycles. The maximum atomic E-state index is 12.6. The quantitative estimate of drug-likeness (QED) is 0.851. The number of aromatic nitrogens is 1. The average molecular weight is 340 g/mol. The van der Waals surface area contributed by atoms with Gasteiger partial charge in [-0.25, -0.2) is 4.79 Å². The molecule has 1 saturated heterocycles. The summed E-state index contributed by atoms with van der Waals surface area (Å²) in [6.45, 7) is 0.637. The molecule has 5 heteroatoms. The van der Waals surface area contributed by atoms with E-state index in [1.807, 2.05) is 30.3 Å². The molecule has 2 heterocycles. The fourth-order valence-electron chi connectivity index (χ4n) is 3.37. The molecule has 1 fully saturated rings. The summed E-state index contributed by atoms with van der Waals surface area (Å²) in [7, 11) is 1.38. The number of carbonyl (C=O) groups is 2. The molecule has 0 radical (unpaired) electrons. The molecule has 1 atom stereocenters. The lowest BCUT2D eigenvalue weighted by molar-refractivity contribution is -0.154. The maximum absolute atomic E-state index is 12.6. The Morgan fingerprint density at radius 1 is 1.16 bits per heavy atom. The van der Waals surface area contributed by atoms with Gasteiger partial charge in [0.2, 0.25) is 5.91 Å². The van der Waals surface area contributed by atoms with Gasteiger partial charge >= 0.3 is 5.97 Å². The number of piperidine rings is 1. The fraction of sp³-hybridized carbons (Fsp3) is 0.400. The van der Waals surface area contributed by atoms with Crippen LogP contribution in [0.5, 0.6) is 0 Å². The van der Waals surface area contributed by atoms with Crippen molar-refractivity contribution in [1.82, 2.24) is 9.88 Å². The Morgan fingerprint density at radius 3 is 2.72 bits per heavy atom. The van der Waals surface area contributed by atoms with Crippen molar-refractivity contribution >= 4 is 11.9 Å². The molecular formula is C20H24N2O3. The highest BCUT2D eigenvalue weighted by atomic mass is 16.5. The number of nitrogens with one attached hydrogen (secondary N) is 1. The number of methoxy groups -OCH3 is 1. The summed E-state index contributed by atoms with van der Waals surface area (Å²) in [5, 5.41) is 0. The Morgan fingerprint density at radius 2 is 1.96 bits per heavy atom. The van der Waals surface area contributed by atoms with Crippen LogP contribution in [0, 0.1) is 0 Å². The first-order valence-corrected chi connectivity index (χ1v) is 8.79. The van der Waals surface area contributed by atoms with E-state index in [-0.39, 0.29) is 11.9 Å². The van der Waals surface area contributed by atoms with Crippen LogP contribution in [0.3, 0.4) is 0 Å². The van der Waals surface area contributed by atoms with Crippen molar-refractivity contribution in [3.63, 3.8) is 0 Å². The summed E-state index contributed by atoms with van der Waals surface area (Å²) >= 11 is 0. The zero-order chi connectivity index (χ0) is 17.6. The number of carbonyl (C=O) groups excluding carboxylic acids is 2. The van der Waals surface area contributed by atoms with Crippen molar-refractivity contribution in [3.05, 3.63) is 48.2 Å². The highest BCUT2D eigenvalue weighted by Gasteiger charge is 2.32. The predicted molar refractivity (Wildman–Crippen MR) is 95.9 cm³/mol. The van der Waals surface area contributed by atoms with Crippen LogP contribution in [-0.2, 0) is 20.7 Å². The van der Waals surface area contributed by atoms with Crippen LogP contribution in [0.15, 0.2) is 42.5 Å². The number of aryl methyl sites for hydroxylation is 1. The number of aromatic amines is 1. The number of esters is 1. The van der Waals surface area contributed by atoms with Crippen LogP contribution >= 0.6 is 0 Å². The molecule has 0 bridgehead atoms. The van der Waals surface area contributed by atoms with Gasteiger partial charge in [-0.2, -0.15) is 0 Å². The second kappa shape index (κ2) is 8.01. The van der Waals surface area contributed by atoms with Crippen LogP contribution in [0.2, 0.25) is 0 Å². The molecule has 2 aromatic rings. The van der Waals surface area contributed by atoms with E-state index in [0.29, 0.717) is 25.8 Å². The van der Waals surface area contributed by atoms with Crippen LogP contribution < -0.4 is 0 Å².